The predicted molar refractivity (Wildman–Crippen MR) is 70.7 cm³/mol. The Kier molecular flexibility index (Phi) is 3.47. The Balaban J connectivity index is 2.37. The minimum Gasteiger partial charge on any atom is -0.323 e. The molecule has 2 aromatic heterocycles. The molecule has 0 aliphatic rings. The van der Waals surface area contributed by atoms with Crippen molar-refractivity contribution < 1.29 is 0 Å². The van der Waals surface area contributed by atoms with Crippen molar-refractivity contribution in [2.75, 3.05) is 0 Å². The van der Waals surface area contributed by atoms with Crippen molar-refractivity contribution in [2.45, 2.75) is 13.0 Å². The Morgan fingerprint density at radius 2 is 2.27 bits per heavy atom. The van der Waals surface area contributed by atoms with Crippen LogP contribution in [0.4, 0.5) is 0 Å². The maximum Gasteiger partial charge on any atom is 0.133 e. The number of aromatic nitrogens is 1. The van der Waals surface area contributed by atoms with Crippen molar-refractivity contribution >= 4 is 50.2 Å². The van der Waals surface area contributed by atoms with Gasteiger partial charge in [-0.1, -0.05) is 11.6 Å². The van der Waals surface area contributed by atoms with Crippen LogP contribution in [0.15, 0.2) is 16.7 Å². The van der Waals surface area contributed by atoms with E-state index in [1.54, 1.807) is 11.3 Å². The first-order chi connectivity index (χ1) is 7.08. The van der Waals surface area contributed by atoms with Crippen molar-refractivity contribution in [2.24, 2.45) is 5.73 Å². The number of thiazole rings is 1. The van der Waals surface area contributed by atoms with Crippen LogP contribution in [-0.2, 0) is 0 Å². The summed E-state index contributed by atoms with van der Waals surface area (Å²) in [6.45, 7) is 1.95. The molecule has 0 fully saturated rings. The molecular formula is C9H8BrClN2S2. The van der Waals surface area contributed by atoms with E-state index in [0.717, 1.165) is 23.6 Å². The van der Waals surface area contributed by atoms with E-state index in [1.807, 2.05) is 19.2 Å². The van der Waals surface area contributed by atoms with Crippen LogP contribution in [-0.4, -0.2) is 4.98 Å². The molecule has 1 unspecified atom stereocenters. The molecule has 0 bridgehead atoms. The van der Waals surface area contributed by atoms with Gasteiger partial charge in [-0.25, -0.2) is 4.98 Å². The van der Waals surface area contributed by atoms with Gasteiger partial charge in [0, 0.05) is 21.6 Å². The maximum absolute atomic E-state index is 5.97. The van der Waals surface area contributed by atoms with Gasteiger partial charge in [0.2, 0.25) is 0 Å². The topological polar surface area (TPSA) is 38.9 Å². The summed E-state index contributed by atoms with van der Waals surface area (Å²) >= 11 is 12.5. The van der Waals surface area contributed by atoms with E-state index in [9.17, 15) is 0 Å². The van der Waals surface area contributed by atoms with Gasteiger partial charge < -0.3 is 5.73 Å². The molecule has 0 radical (unpaired) electrons. The van der Waals surface area contributed by atoms with Gasteiger partial charge in [0.05, 0.1) is 4.88 Å². The van der Waals surface area contributed by atoms with E-state index in [4.69, 9.17) is 17.3 Å². The molecule has 2 heterocycles. The third-order valence-electron chi connectivity index (χ3n) is 1.83. The van der Waals surface area contributed by atoms with Crippen LogP contribution in [0, 0.1) is 0 Å². The lowest BCUT2D eigenvalue weighted by atomic mass is 10.3. The minimum atomic E-state index is 0.0372. The summed E-state index contributed by atoms with van der Waals surface area (Å²) in [6, 6.07) is 2.02. The molecule has 0 aromatic carbocycles. The number of rotatable bonds is 2. The molecule has 2 nitrogen and oxygen atoms in total. The summed E-state index contributed by atoms with van der Waals surface area (Å²) in [6.07, 6.45) is 1.83. The highest BCUT2D eigenvalue weighted by Crippen LogP contribution is 2.39. The molecule has 0 saturated heterocycles. The zero-order valence-corrected chi connectivity index (χ0v) is 11.8. The Morgan fingerprint density at radius 1 is 1.53 bits per heavy atom. The van der Waals surface area contributed by atoms with Gasteiger partial charge in [-0.05, 0) is 28.9 Å². The van der Waals surface area contributed by atoms with Crippen LogP contribution in [0.2, 0.25) is 4.34 Å². The van der Waals surface area contributed by atoms with Crippen molar-refractivity contribution in [1.29, 1.82) is 0 Å². The summed E-state index contributed by atoms with van der Waals surface area (Å²) < 4.78 is 1.67. The fourth-order valence-corrected chi connectivity index (χ4v) is 3.69. The quantitative estimate of drug-likeness (QED) is 0.894. The first kappa shape index (κ1) is 11.5. The molecule has 0 amide bonds. The molecule has 2 N–H and O–H groups in total. The fraction of sp³-hybridized carbons (Fsp3) is 0.222. The number of halogens is 2. The van der Waals surface area contributed by atoms with Crippen molar-refractivity contribution in [3.05, 3.63) is 25.9 Å². The van der Waals surface area contributed by atoms with Crippen LogP contribution < -0.4 is 5.73 Å². The first-order valence-electron chi connectivity index (χ1n) is 4.24. The van der Waals surface area contributed by atoms with Crippen LogP contribution in [0.1, 0.15) is 17.8 Å². The lowest BCUT2D eigenvalue weighted by molar-refractivity contribution is 0.835. The number of hydrogen-bond acceptors (Lipinski definition) is 4. The molecule has 0 saturated carbocycles. The van der Waals surface area contributed by atoms with Gasteiger partial charge in [-0.2, -0.15) is 0 Å². The van der Waals surface area contributed by atoms with Gasteiger partial charge in [-0.3, -0.25) is 0 Å². The van der Waals surface area contributed by atoms with E-state index in [1.165, 1.54) is 11.3 Å². The summed E-state index contributed by atoms with van der Waals surface area (Å²) in [5.41, 5.74) is 5.78. The third kappa shape index (κ3) is 2.42. The molecule has 2 rings (SSSR count). The van der Waals surface area contributed by atoms with Crippen molar-refractivity contribution in [1.82, 2.24) is 4.98 Å². The molecule has 6 heteroatoms. The van der Waals surface area contributed by atoms with Crippen LogP contribution >= 0.6 is 50.2 Å². The van der Waals surface area contributed by atoms with Gasteiger partial charge >= 0.3 is 0 Å². The normalized spacial score (nSPS) is 13.1. The SMILES string of the molecule is CC(N)c1cnc(-c2cc(Br)c(Cl)s2)s1. The number of hydrogen-bond donors (Lipinski definition) is 1. The summed E-state index contributed by atoms with van der Waals surface area (Å²) in [5.74, 6) is 0. The predicted octanol–water partition coefficient (Wildman–Crippen LogP) is 4.31. The second-order valence-corrected chi connectivity index (χ2v) is 6.66. The second kappa shape index (κ2) is 4.51. The molecule has 0 aliphatic carbocycles. The van der Waals surface area contributed by atoms with E-state index in [0.29, 0.717) is 0 Å². The van der Waals surface area contributed by atoms with E-state index in [-0.39, 0.29) is 6.04 Å². The van der Waals surface area contributed by atoms with E-state index in [2.05, 4.69) is 20.9 Å². The molecule has 2 aromatic rings. The van der Waals surface area contributed by atoms with E-state index >= 15 is 0 Å². The lowest BCUT2D eigenvalue weighted by Crippen LogP contribution is -2.01. The highest BCUT2D eigenvalue weighted by molar-refractivity contribution is 9.10. The maximum atomic E-state index is 5.97. The fourth-order valence-electron chi connectivity index (χ4n) is 1.06. The molecule has 15 heavy (non-hydrogen) atoms. The number of nitrogens with zero attached hydrogens (tertiary/aromatic N) is 1. The zero-order chi connectivity index (χ0) is 11.0. The average Bonchev–Trinajstić information content (AvgIpc) is 2.74. The summed E-state index contributed by atoms with van der Waals surface area (Å²) in [7, 11) is 0. The van der Waals surface area contributed by atoms with Crippen molar-refractivity contribution in [3.63, 3.8) is 0 Å². The van der Waals surface area contributed by atoms with Crippen LogP contribution in [0.5, 0.6) is 0 Å². The highest BCUT2D eigenvalue weighted by atomic mass is 79.9. The number of thiophene rings is 1. The third-order valence-corrected chi connectivity index (χ3v) is 5.67. The van der Waals surface area contributed by atoms with Gasteiger partial charge in [0.25, 0.3) is 0 Å². The Bertz CT molecular complexity index is 459. The molecule has 0 spiro atoms. The number of nitrogens with two attached hydrogens (primary N) is 1. The molecule has 80 valence electrons. The molecular weight excluding hydrogens is 316 g/mol. The Morgan fingerprint density at radius 3 is 2.73 bits per heavy atom. The lowest BCUT2D eigenvalue weighted by Gasteiger charge is -1.96. The molecule has 1 atom stereocenters. The average molecular weight is 324 g/mol. The zero-order valence-electron chi connectivity index (χ0n) is 7.83. The van der Waals surface area contributed by atoms with Crippen LogP contribution in [0.3, 0.4) is 0 Å². The second-order valence-electron chi connectivity index (χ2n) is 3.09. The van der Waals surface area contributed by atoms with Gasteiger partial charge in [0.15, 0.2) is 0 Å². The Hall–Kier alpha value is 0.0600. The minimum absolute atomic E-state index is 0.0372. The van der Waals surface area contributed by atoms with E-state index < -0.39 is 0 Å². The van der Waals surface area contributed by atoms with Gasteiger partial charge in [-0.15, -0.1) is 22.7 Å². The van der Waals surface area contributed by atoms with Crippen molar-refractivity contribution in [3.8, 4) is 9.88 Å². The molecule has 0 aliphatic heterocycles. The highest BCUT2D eigenvalue weighted by Gasteiger charge is 2.11. The largest absolute Gasteiger partial charge is 0.323 e. The standard InChI is InChI=1S/C9H8BrClN2S2/c1-4(12)7-3-13-9(15-7)6-2-5(10)8(11)14-6/h2-4H,12H2,1H3. The Labute approximate surface area is 109 Å². The first-order valence-corrected chi connectivity index (χ1v) is 7.05. The summed E-state index contributed by atoms with van der Waals surface area (Å²) in [4.78, 5) is 6.49. The van der Waals surface area contributed by atoms with Gasteiger partial charge in [0.1, 0.15) is 9.34 Å². The summed E-state index contributed by atoms with van der Waals surface area (Å²) in [5, 5.41) is 0.972. The monoisotopic (exact) mass is 322 g/mol. The smallest absolute Gasteiger partial charge is 0.133 e. The van der Waals surface area contributed by atoms with Crippen LogP contribution in [0.25, 0.3) is 9.88 Å².